The third-order valence-corrected chi connectivity index (χ3v) is 9.82. The van der Waals surface area contributed by atoms with Gasteiger partial charge in [0.05, 0.1) is 0 Å². The third kappa shape index (κ3) is 23.8. The summed E-state index contributed by atoms with van der Waals surface area (Å²) in [6, 6.07) is 0. The van der Waals surface area contributed by atoms with Gasteiger partial charge in [-0.1, -0.05) is 201 Å². The van der Waals surface area contributed by atoms with Gasteiger partial charge in [0.15, 0.2) is 0 Å². The van der Waals surface area contributed by atoms with Crippen LogP contribution in [0.25, 0.3) is 0 Å². The molecule has 1 aliphatic rings. The van der Waals surface area contributed by atoms with Gasteiger partial charge < -0.3 is 9.80 Å². The van der Waals surface area contributed by atoms with Crippen molar-refractivity contribution < 1.29 is 0 Å². The summed E-state index contributed by atoms with van der Waals surface area (Å²) in [6.45, 7) is 9.48. The molecular formula is C40H80N2. The Hall–Kier alpha value is -0.660. The second kappa shape index (κ2) is 31.8. The molecule has 0 radical (unpaired) electrons. The molecule has 0 amide bonds. The summed E-state index contributed by atoms with van der Waals surface area (Å²) in [4.78, 5) is 5.42. The molecule has 1 heterocycles. The first kappa shape index (κ1) is 39.4. The summed E-state index contributed by atoms with van der Waals surface area (Å²) in [5, 5.41) is 0. The van der Waals surface area contributed by atoms with Crippen LogP contribution in [0.4, 0.5) is 0 Å². The summed E-state index contributed by atoms with van der Waals surface area (Å²) >= 11 is 0. The monoisotopic (exact) mass is 589 g/mol. The van der Waals surface area contributed by atoms with Gasteiger partial charge in [-0.05, 0) is 25.7 Å². The Morgan fingerprint density at radius 2 is 0.548 bits per heavy atom. The van der Waals surface area contributed by atoms with Crippen LogP contribution in [0.15, 0.2) is 12.4 Å². The normalized spacial score (nSPS) is 15.0. The van der Waals surface area contributed by atoms with Crippen LogP contribution in [0.3, 0.4) is 0 Å². The first-order chi connectivity index (χ1) is 20.8. The Kier molecular flexibility index (Phi) is 29.8. The van der Waals surface area contributed by atoms with Gasteiger partial charge in [-0.2, -0.15) is 0 Å². The van der Waals surface area contributed by atoms with Crippen molar-refractivity contribution in [3.05, 3.63) is 12.4 Å². The second-order valence-corrected chi connectivity index (χ2v) is 13.9. The largest absolute Gasteiger partial charge is 0.356 e. The zero-order valence-corrected chi connectivity index (χ0v) is 29.7. The molecule has 0 fully saturated rings. The number of rotatable bonds is 34. The van der Waals surface area contributed by atoms with Crippen molar-refractivity contribution >= 4 is 0 Å². The van der Waals surface area contributed by atoms with Crippen LogP contribution >= 0.6 is 0 Å². The predicted molar refractivity (Wildman–Crippen MR) is 191 cm³/mol. The molecular weight excluding hydrogens is 508 g/mol. The van der Waals surface area contributed by atoms with Gasteiger partial charge in [0, 0.05) is 25.5 Å². The minimum absolute atomic E-state index is 0.640. The Morgan fingerprint density at radius 3 is 0.833 bits per heavy atom. The lowest BCUT2D eigenvalue weighted by Gasteiger charge is -2.33. The van der Waals surface area contributed by atoms with E-state index in [9.17, 15) is 0 Å². The SMILES string of the molecule is CCCCCCCCCCCCCCCCCCN1C=CN(CCCCCCCCC)C1CCCCCCCCCC. The molecule has 1 unspecified atom stereocenters. The van der Waals surface area contributed by atoms with Gasteiger partial charge in [-0.3, -0.25) is 0 Å². The summed E-state index contributed by atoms with van der Waals surface area (Å²) in [7, 11) is 0. The van der Waals surface area contributed by atoms with E-state index in [0.717, 1.165) is 0 Å². The van der Waals surface area contributed by atoms with E-state index >= 15 is 0 Å². The van der Waals surface area contributed by atoms with E-state index in [4.69, 9.17) is 0 Å². The topological polar surface area (TPSA) is 6.48 Å². The lowest BCUT2D eigenvalue weighted by molar-refractivity contribution is 0.135. The van der Waals surface area contributed by atoms with E-state index in [1.165, 1.54) is 219 Å². The van der Waals surface area contributed by atoms with Crippen molar-refractivity contribution in [3.63, 3.8) is 0 Å². The van der Waals surface area contributed by atoms with Crippen LogP contribution < -0.4 is 0 Å². The molecule has 0 aliphatic carbocycles. The molecule has 0 aromatic heterocycles. The Labute approximate surface area is 267 Å². The third-order valence-electron chi connectivity index (χ3n) is 9.82. The molecule has 1 rings (SSSR count). The highest BCUT2D eigenvalue weighted by atomic mass is 15.4. The van der Waals surface area contributed by atoms with Gasteiger partial charge >= 0.3 is 0 Å². The highest BCUT2D eigenvalue weighted by Gasteiger charge is 2.24. The van der Waals surface area contributed by atoms with E-state index < -0.39 is 0 Å². The maximum Gasteiger partial charge on any atom is 0.101 e. The molecule has 0 aromatic carbocycles. The van der Waals surface area contributed by atoms with E-state index in [1.807, 2.05) is 0 Å². The van der Waals surface area contributed by atoms with Crippen molar-refractivity contribution in [1.29, 1.82) is 0 Å². The molecule has 1 atom stereocenters. The van der Waals surface area contributed by atoms with E-state index in [-0.39, 0.29) is 0 Å². The van der Waals surface area contributed by atoms with Crippen molar-refractivity contribution in [2.75, 3.05) is 13.1 Å². The average molecular weight is 589 g/mol. The maximum absolute atomic E-state index is 2.71. The van der Waals surface area contributed by atoms with Gasteiger partial charge in [0.2, 0.25) is 0 Å². The molecule has 2 heteroatoms. The lowest BCUT2D eigenvalue weighted by atomic mass is 10.0. The number of hydrogen-bond acceptors (Lipinski definition) is 2. The lowest BCUT2D eigenvalue weighted by Crippen LogP contribution is -2.39. The maximum atomic E-state index is 2.71. The summed E-state index contributed by atoms with van der Waals surface area (Å²) < 4.78 is 0. The van der Waals surface area contributed by atoms with Gasteiger partial charge in [0.1, 0.15) is 6.17 Å². The van der Waals surface area contributed by atoms with Gasteiger partial charge in [0.25, 0.3) is 0 Å². The van der Waals surface area contributed by atoms with E-state index in [2.05, 4.69) is 43.0 Å². The molecule has 0 saturated heterocycles. The zero-order valence-electron chi connectivity index (χ0n) is 29.7. The average Bonchev–Trinajstić information content (AvgIpc) is 3.38. The molecule has 0 aromatic rings. The molecule has 250 valence electrons. The van der Waals surface area contributed by atoms with Crippen molar-refractivity contribution in [2.24, 2.45) is 0 Å². The first-order valence-corrected chi connectivity index (χ1v) is 20.0. The molecule has 0 saturated carbocycles. The summed E-state index contributed by atoms with van der Waals surface area (Å²) in [5.74, 6) is 0. The van der Waals surface area contributed by atoms with Crippen molar-refractivity contribution in [1.82, 2.24) is 9.80 Å². The number of hydrogen-bond donors (Lipinski definition) is 0. The van der Waals surface area contributed by atoms with Crippen LogP contribution in [0.5, 0.6) is 0 Å². The molecule has 1 aliphatic heterocycles. The summed E-state index contributed by atoms with van der Waals surface area (Å²) in [6.07, 6.45) is 51.4. The van der Waals surface area contributed by atoms with Gasteiger partial charge in [-0.15, -0.1) is 0 Å². The molecule has 0 N–H and O–H groups in total. The van der Waals surface area contributed by atoms with Crippen LogP contribution in [0.1, 0.15) is 226 Å². The van der Waals surface area contributed by atoms with Crippen LogP contribution in [-0.4, -0.2) is 29.1 Å². The predicted octanol–water partition coefficient (Wildman–Crippen LogP) is 13.9. The van der Waals surface area contributed by atoms with Crippen molar-refractivity contribution in [2.45, 2.75) is 232 Å². The standard InChI is InChI=1S/C40H80N2/c1-4-7-10-13-16-18-19-20-21-22-23-24-25-28-31-34-37-42-39-38-41(36-33-30-27-15-12-9-6-3)40(42)35-32-29-26-17-14-11-8-5-2/h38-40H,4-37H2,1-3H3. The molecule has 0 spiro atoms. The van der Waals surface area contributed by atoms with Crippen molar-refractivity contribution in [3.8, 4) is 0 Å². The molecule has 42 heavy (non-hydrogen) atoms. The smallest absolute Gasteiger partial charge is 0.101 e. The highest BCUT2D eigenvalue weighted by molar-refractivity contribution is 4.97. The fourth-order valence-electron chi connectivity index (χ4n) is 6.89. The molecule has 0 bridgehead atoms. The minimum atomic E-state index is 0.640. The number of unbranched alkanes of at least 4 members (excludes halogenated alkanes) is 28. The Balaban J connectivity index is 2.14. The highest BCUT2D eigenvalue weighted by Crippen LogP contribution is 2.24. The van der Waals surface area contributed by atoms with Gasteiger partial charge in [-0.25, -0.2) is 0 Å². The van der Waals surface area contributed by atoms with Crippen LogP contribution in [0.2, 0.25) is 0 Å². The Bertz CT molecular complexity index is 544. The number of nitrogens with zero attached hydrogens (tertiary/aromatic N) is 2. The summed E-state index contributed by atoms with van der Waals surface area (Å²) in [5.41, 5.74) is 0. The fraction of sp³-hybridized carbons (Fsp3) is 0.950. The first-order valence-electron chi connectivity index (χ1n) is 20.0. The van der Waals surface area contributed by atoms with E-state index in [1.54, 1.807) is 0 Å². The second-order valence-electron chi connectivity index (χ2n) is 13.9. The Morgan fingerprint density at radius 1 is 0.310 bits per heavy atom. The van der Waals surface area contributed by atoms with Crippen LogP contribution in [0, 0.1) is 0 Å². The minimum Gasteiger partial charge on any atom is -0.356 e. The van der Waals surface area contributed by atoms with Crippen LogP contribution in [-0.2, 0) is 0 Å². The van der Waals surface area contributed by atoms with E-state index in [0.29, 0.717) is 6.17 Å². The quantitative estimate of drug-likeness (QED) is 0.0690. The fourth-order valence-corrected chi connectivity index (χ4v) is 6.89. The zero-order chi connectivity index (χ0) is 30.2. The molecule has 2 nitrogen and oxygen atoms in total.